The van der Waals surface area contributed by atoms with Crippen molar-refractivity contribution in [3.63, 3.8) is 0 Å². The third-order valence-corrected chi connectivity index (χ3v) is 9.49. The Morgan fingerprint density at radius 1 is 1.30 bits per heavy atom. The average Bonchev–Trinajstić information content (AvgIpc) is 3.50. The number of aromatic nitrogens is 2. The number of aryl methyl sites for hydroxylation is 2. The van der Waals surface area contributed by atoms with Gasteiger partial charge in [0.1, 0.15) is 11.3 Å². The Bertz CT molecular complexity index is 1250. The van der Waals surface area contributed by atoms with Gasteiger partial charge in [0, 0.05) is 29.3 Å². The number of thiazole rings is 1. The van der Waals surface area contributed by atoms with Crippen LogP contribution in [0.3, 0.4) is 0 Å². The van der Waals surface area contributed by atoms with Crippen LogP contribution in [0.25, 0.3) is 11.1 Å². The molecule has 172 valence electrons. The van der Waals surface area contributed by atoms with Crippen molar-refractivity contribution in [2.24, 2.45) is 23.2 Å². The van der Waals surface area contributed by atoms with E-state index in [-0.39, 0.29) is 17.2 Å². The van der Waals surface area contributed by atoms with E-state index in [1.807, 2.05) is 6.92 Å². The number of amides is 1. The van der Waals surface area contributed by atoms with Crippen LogP contribution in [-0.2, 0) is 16.0 Å². The van der Waals surface area contributed by atoms with Gasteiger partial charge in [-0.2, -0.15) is 0 Å². The fourth-order valence-corrected chi connectivity index (χ4v) is 7.92. The van der Waals surface area contributed by atoms with Gasteiger partial charge < -0.3 is 9.73 Å². The number of carbonyl (C=O) groups is 2. The van der Waals surface area contributed by atoms with Crippen molar-refractivity contribution in [3.8, 4) is 0 Å². The molecule has 2 saturated carbocycles. The highest BCUT2D eigenvalue weighted by atomic mass is 32.1. The summed E-state index contributed by atoms with van der Waals surface area (Å²) < 4.78 is 5.54. The predicted molar refractivity (Wildman–Crippen MR) is 127 cm³/mol. The van der Waals surface area contributed by atoms with Crippen LogP contribution in [0.15, 0.2) is 29.1 Å². The average molecular weight is 464 g/mol. The van der Waals surface area contributed by atoms with Crippen molar-refractivity contribution in [2.75, 3.05) is 5.32 Å². The highest BCUT2D eigenvalue weighted by Crippen LogP contribution is 2.62. The molecule has 3 aliphatic rings. The molecule has 0 spiro atoms. The summed E-state index contributed by atoms with van der Waals surface area (Å²) in [5.74, 6) is 1.98. The van der Waals surface area contributed by atoms with E-state index in [1.54, 1.807) is 12.6 Å². The summed E-state index contributed by atoms with van der Waals surface area (Å²) in [6.45, 7) is 4.18. The number of hydrogen-bond donors (Lipinski definition) is 1. The number of hydrogen-bond acceptors (Lipinski definition) is 6. The van der Waals surface area contributed by atoms with Crippen molar-refractivity contribution in [3.05, 3.63) is 40.7 Å². The van der Waals surface area contributed by atoms with Gasteiger partial charge in [-0.25, -0.2) is 9.97 Å². The van der Waals surface area contributed by atoms with Crippen molar-refractivity contribution >= 4 is 39.3 Å². The van der Waals surface area contributed by atoms with Gasteiger partial charge in [0.15, 0.2) is 17.1 Å². The SMILES string of the molecule is Cc1cnc(NC(=O)CC[C@@H]2CC(=O)[C@@]3(C)CCC4c5ccc6ocnc6c5CCC4C23)s1. The third kappa shape index (κ3) is 3.35. The molecular weight excluding hydrogens is 434 g/mol. The van der Waals surface area contributed by atoms with Gasteiger partial charge in [0.25, 0.3) is 0 Å². The number of rotatable bonds is 4. The number of Topliss-reactive ketones (excluding diaryl/α,β-unsaturated/α-hetero) is 1. The highest BCUT2D eigenvalue weighted by Gasteiger charge is 2.58. The minimum Gasteiger partial charge on any atom is -0.443 e. The molecule has 0 bridgehead atoms. The molecule has 1 aromatic carbocycles. The van der Waals surface area contributed by atoms with E-state index in [9.17, 15) is 9.59 Å². The first-order chi connectivity index (χ1) is 15.9. The Hall–Kier alpha value is -2.54. The Labute approximate surface area is 197 Å². The molecule has 3 unspecified atom stereocenters. The lowest BCUT2D eigenvalue weighted by atomic mass is 9.54. The molecule has 2 heterocycles. The normalized spacial score (nSPS) is 30.7. The Kier molecular flexibility index (Phi) is 4.94. The molecule has 3 aliphatic carbocycles. The first kappa shape index (κ1) is 21.0. The van der Waals surface area contributed by atoms with Crippen molar-refractivity contribution < 1.29 is 14.0 Å². The van der Waals surface area contributed by atoms with E-state index < -0.39 is 0 Å². The van der Waals surface area contributed by atoms with Crippen molar-refractivity contribution in [2.45, 2.75) is 64.7 Å². The molecule has 1 amide bonds. The summed E-state index contributed by atoms with van der Waals surface area (Å²) in [5, 5.41) is 3.59. The molecule has 7 heteroatoms. The summed E-state index contributed by atoms with van der Waals surface area (Å²) >= 11 is 1.49. The number of anilines is 1. The van der Waals surface area contributed by atoms with Gasteiger partial charge >= 0.3 is 0 Å². The van der Waals surface area contributed by atoms with Crippen LogP contribution in [0, 0.1) is 30.1 Å². The van der Waals surface area contributed by atoms with Crippen LogP contribution in [-0.4, -0.2) is 21.7 Å². The zero-order valence-electron chi connectivity index (χ0n) is 19.1. The van der Waals surface area contributed by atoms with Gasteiger partial charge in [-0.1, -0.05) is 13.0 Å². The summed E-state index contributed by atoms with van der Waals surface area (Å²) in [6.07, 6.45) is 9.19. The van der Waals surface area contributed by atoms with Gasteiger partial charge in [-0.05, 0) is 79.9 Å². The molecule has 2 aromatic heterocycles. The highest BCUT2D eigenvalue weighted by molar-refractivity contribution is 7.15. The Morgan fingerprint density at radius 3 is 3.00 bits per heavy atom. The first-order valence-corrected chi connectivity index (χ1v) is 12.9. The van der Waals surface area contributed by atoms with Crippen LogP contribution in [0.2, 0.25) is 0 Å². The zero-order chi connectivity index (χ0) is 22.7. The standard InChI is InChI=1S/C26H29N3O3S/c1-14-12-27-25(33-14)29-22(31)8-3-15-11-21(30)26(2)10-9-17-16-6-7-20-24(28-13-32-20)19(16)5-4-18(17)23(15)26/h6-7,12-13,15,17-18,23H,3-5,8-11H2,1-2H3,(H,27,29,31)/t15-,17?,18?,23?,26-/m1/s1. The molecule has 33 heavy (non-hydrogen) atoms. The Balaban J connectivity index is 1.23. The first-order valence-electron chi connectivity index (χ1n) is 12.0. The molecule has 3 aromatic rings. The van der Waals surface area contributed by atoms with Crippen molar-refractivity contribution in [1.82, 2.24) is 9.97 Å². The molecular formula is C26H29N3O3S. The zero-order valence-corrected chi connectivity index (χ0v) is 19.9. The van der Waals surface area contributed by atoms with E-state index in [2.05, 4.69) is 34.3 Å². The Morgan fingerprint density at radius 2 is 2.18 bits per heavy atom. The minimum absolute atomic E-state index is 0.000163. The maximum atomic E-state index is 13.2. The molecule has 1 N–H and O–H groups in total. The number of benzene rings is 1. The lowest BCUT2D eigenvalue weighted by Gasteiger charge is -2.50. The topological polar surface area (TPSA) is 85.1 Å². The van der Waals surface area contributed by atoms with Crippen LogP contribution >= 0.6 is 11.3 Å². The number of carbonyl (C=O) groups excluding carboxylic acids is 2. The van der Waals surface area contributed by atoms with Gasteiger partial charge in [-0.3, -0.25) is 9.59 Å². The predicted octanol–water partition coefficient (Wildman–Crippen LogP) is 5.66. The number of nitrogens with zero attached hydrogens (tertiary/aromatic N) is 2. The molecule has 0 aliphatic heterocycles. The van der Waals surface area contributed by atoms with E-state index in [1.165, 1.54) is 22.5 Å². The maximum Gasteiger partial charge on any atom is 0.226 e. The van der Waals surface area contributed by atoms with Gasteiger partial charge in [0.05, 0.1) is 0 Å². The number of fused-ring (bicyclic) bond motifs is 7. The molecule has 6 nitrogen and oxygen atoms in total. The van der Waals surface area contributed by atoms with Crippen molar-refractivity contribution in [1.29, 1.82) is 0 Å². The lowest BCUT2D eigenvalue weighted by Crippen LogP contribution is -2.44. The molecule has 2 fully saturated rings. The number of oxazole rings is 1. The second kappa shape index (κ2) is 7.76. The maximum absolute atomic E-state index is 13.2. The fraction of sp³-hybridized carbons (Fsp3) is 0.538. The molecule has 0 saturated heterocycles. The molecule has 5 atom stereocenters. The second-order valence-corrected chi connectivity index (χ2v) is 11.6. The van der Waals surface area contributed by atoms with Gasteiger partial charge in [0.2, 0.25) is 5.91 Å². The number of ketones is 1. The number of nitrogens with one attached hydrogen (secondary N) is 1. The summed E-state index contributed by atoms with van der Waals surface area (Å²) in [5.41, 5.74) is 4.37. The molecule has 0 radical (unpaired) electrons. The summed E-state index contributed by atoms with van der Waals surface area (Å²) in [7, 11) is 0. The third-order valence-electron chi connectivity index (χ3n) is 8.66. The fourth-order valence-electron chi connectivity index (χ4n) is 7.24. The van der Waals surface area contributed by atoms with E-state index in [0.717, 1.165) is 48.1 Å². The van der Waals surface area contributed by atoms with Gasteiger partial charge in [-0.15, -0.1) is 11.3 Å². The largest absolute Gasteiger partial charge is 0.443 e. The monoisotopic (exact) mass is 463 g/mol. The lowest BCUT2D eigenvalue weighted by molar-refractivity contribution is -0.129. The molecule has 6 rings (SSSR count). The second-order valence-electron chi connectivity index (χ2n) is 10.4. The van der Waals surface area contributed by atoms with Crippen LogP contribution in [0.5, 0.6) is 0 Å². The van der Waals surface area contributed by atoms with E-state index in [0.29, 0.717) is 41.5 Å². The van der Waals surface area contributed by atoms with Crippen LogP contribution < -0.4 is 5.32 Å². The van der Waals surface area contributed by atoms with Crippen LogP contribution in [0.4, 0.5) is 5.13 Å². The quantitative estimate of drug-likeness (QED) is 0.539. The van der Waals surface area contributed by atoms with E-state index >= 15 is 0 Å². The minimum atomic E-state index is -0.246. The van der Waals surface area contributed by atoms with Crippen LogP contribution in [0.1, 0.15) is 67.4 Å². The van der Waals surface area contributed by atoms with E-state index in [4.69, 9.17) is 4.42 Å². The summed E-state index contributed by atoms with van der Waals surface area (Å²) in [4.78, 5) is 35.6. The smallest absolute Gasteiger partial charge is 0.226 e. The summed E-state index contributed by atoms with van der Waals surface area (Å²) in [6, 6.07) is 4.29.